The monoisotopic (exact) mass is 281 g/mol. The average Bonchev–Trinajstić information content (AvgIpc) is 2.80. The van der Waals surface area contributed by atoms with E-state index in [1.165, 1.54) is 6.07 Å². The smallest absolute Gasteiger partial charge is 0.181 e. The third kappa shape index (κ3) is 1.84. The molecule has 3 nitrogen and oxygen atoms in total. The molecule has 20 heavy (non-hydrogen) atoms. The number of hydrogen-bond acceptors (Lipinski definition) is 3. The Morgan fingerprint density at radius 3 is 2.85 bits per heavy atom. The maximum atomic E-state index is 14.2. The fraction of sp³-hybridized carbons (Fsp3) is 0.533. The van der Waals surface area contributed by atoms with Crippen LogP contribution in [0.2, 0.25) is 0 Å². The fourth-order valence-corrected chi connectivity index (χ4v) is 3.40. The molecule has 0 aromatic heterocycles. The average molecular weight is 281 g/mol. The van der Waals surface area contributed by atoms with Crippen molar-refractivity contribution in [3.05, 3.63) is 35.6 Å². The molecule has 2 heterocycles. The van der Waals surface area contributed by atoms with Gasteiger partial charge in [-0.1, -0.05) is 18.2 Å². The Balaban J connectivity index is 2.18. The molecule has 1 fully saturated rings. The van der Waals surface area contributed by atoms with Crippen LogP contribution in [0.3, 0.4) is 0 Å². The van der Waals surface area contributed by atoms with E-state index < -0.39 is 18.0 Å². The molecule has 0 saturated carbocycles. The number of fused-ring (bicyclic) bond motifs is 1. The van der Waals surface area contributed by atoms with Crippen LogP contribution in [0, 0.1) is 11.7 Å². The molecule has 1 aromatic rings. The minimum Gasteiger partial charge on any atom is -0.475 e. The highest BCUT2D eigenvalue weighted by Crippen LogP contribution is 2.46. The van der Waals surface area contributed by atoms with Crippen LogP contribution < -0.4 is 0 Å². The second-order valence-corrected chi connectivity index (χ2v) is 5.39. The second-order valence-electron chi connectivity index (χ2n) is 5.39. The van der Waals surface area contributed by atoms with Gasteiger partial charge in [-0.15, -0.1) is 0 Å². The maximum absolute atomic E-state index is 14.2. The third-order valence-corrected chi connectivity index (χ3v) is 4.20. The zero-order valence-corrected chi connectivity index (χ0v) is 11.5. The van der Waals surface area contributed by atoms with Crippen molar-refractivity contribution in [1.82, 2.24) is 0 Å². The first-order valence-electron chi connectivity index (χ1n) is 6.74. The summed E-state index contributed by atoms with van der Waals surface area (Å²) in [5.41, 5.74) is -0.980. The molecule has 0 N–H and O–H groups in total. The van der Waals surface area contributed by atoms with Crippen LogP contribution >= 0.6 is 0 Å². The summed E-state index contributed by atoms with van der Waals surface area (Å²) in [6.07, 6.45) is -0.509. The van der Waals surface area contributed by atoms with E-state index in [0.29, 0.717) is 12.5 Å². The van der Waals surface area contributed by atoms with Crippen LogP contribution in [0.4, 0.5) is 8.78 Å². The predicted octanol–water partition coefficient (Wildman–Crippen LogP) is 2.84. The molecule has 0 aliphatic carbocycles. The summed E-state index contributed by atoms with van der Waals surface area (Å²) < 4.78 is 39.4. The van der Waals surface area contributed by atoms with Gasteiger partial charge in [0.1, 0.15) is 24.1 Å². The molecule has 1 saturated heterocycles. The van der Waals surface area contributed by atoms with E-state index in [4.69, 9.17) is 9.47 Å². The summed E-state index contributed by atoms with van der Waals surface area (Å²) in [5.74, 6) is -0.389. The Morgan fingerprint density at radius 2 is 2.15 bits per heavy atom. The van der Waals surface area contributed by atoms with E-state index in [1.807, 2.05) is 6.92 Å². The van der Waals surface area contributed by atoms with E-state index in [0.717, 1.165) is 0 Å². The van der Waals surface area contributed by atoms with Crippen molar-refractivity contribution in [2.75, 3.05) is 13.3 Å². The van der Waals surface area contributed by atoms with Gasteiger partial charge in [0.2, 0.25) is 0 Å². The van der Waals surface area contributed by atoms with Gasteiger partial charge in [-0.3, -0.25) is 0 Å². The lowest BCUT2D eigenvalue weighted by Gasteiger charge is -2.41. The first-order chi connectivity index (χ1) is 9.58. The normalized spacial score (nSPS) is 36.2. The highest BCUT2D eigenvalue weighted by Gasteiger charge is 2.55. The lowest BCUT2D eigenvalue weighted by molar-refractivity contribution is 0.0436. The van der Waals surface area contributed by atoms with Gasteiger partial charge in [0.25, 0.3) is 0 Å². The molecular formula is C15H17F2NO2. The molecule has 0 bridgehead atoms. The summed E-state index contributed by atoms with van der Waals surface area (Å²) in [5, 5.41) is 0. The van der Waals surface area contributed by atoms with Crippen LogP contribution in [0.25, 0.3) is 0 Å². The largest absolute Gasteiger partial charge is 0.475 e. The molecular weight excluding hydrogens is 264 g/mol. The highest BCUT2D eigenvalue weighted by atomic mass is 19.1. The van der Waals surface area contributed by atoms with Gasteiger partial charge in [-0.2, -0.15) is 0 Å². The standard InChI is InChI=1S/C15H17F2NO2/c1-9-14-13(7-19-9)20-10(2)18-15(14,8-16)11-5-3-4-6-12(11)17/h3-6,9,13-14H,7-8H2,1-2H3/t9-,13+,14-,15+/m0/s1. The van der Waals surface area contributed by atoms with E-state index in [-0.39, 0.29) is 23.7 Å². The molecule has 108 valence electrons. The predicted molar refractivity (Wildman–Crippen MR) is 70.9 cm³/mol. The lowest BCUT2D eigenvalue weighted by Crippen LogP contribution is -2.50. The number of hydrogen-bond donors (Lipinski definition) is 0. The highest BCUT2D eigenvalue weighted by molar-refractivity contribution is 5.75. The Kier molecular flexibility index (Phi) is 3.24. The van der Waals surface area contributed by atoms with Gasteiger partial charge in [-0.05, 0) is 13.0 Å². The van der Waals surface area contributed by atoms with Gasteiger partial charge in [0.15, 0.2) is 5.90 Å². The zero-order chi connectivity index (χ0) is 14.3. The number of ether oxygens (including phenoxy) is 2. The van der Waals surface area contributed by atoms with E-state index in [2.05, 4.69) is 4.99 Å². The van der Waals surface area contributed by atoms with Gasteiger partial charge < -0.3 is 9.47 Å². The first kappa shape index (κ1) is 13.5. The summed E-state index contributed by atoms with van der Waals surface area (Å²) >= 11 is 0. The van der Waals surface area contributed by atoms with Gasteiger partial charge in [0, 0.05) is 12.5 Å². The quantitative estimate of drug-likeness (QED) is 0.834. The van der Waals surface area contributed by atoms with Crippen LogP contribution in [-0.2, 0) is 15.0 Å². The Bertz CT molecular complexity index is 548. The summed E-state index contributed by atoms with van der Waals surface area (Å²) in [4.78, 5) is 4.36. The van der Waals surface area contributed by atoms with Crippen molar-refractivity contribution in [3.8, 4) is 0 Å². The van der Waals surface area contributed by atoms with Gasteiger partial charge >= 0.3 is 0 Å². The van der Waals surface area contributed by atoms with Crippen molar-refractivity contribution >= 4 is 5.90 Å². The Hall–Kier alpha value is -1.49. The minimum atomic E-state index is -1.26. The van der Waals surface area contributed by atoms with Crippen molar-refractivity contribution in [1.29, 1.82) is 0 Å². The number of alkyl halides is 1. The molecule has 3 rings (SSSR count). The molecule has 4 atom stereocenters. The number of nitrogens with zero attached hydrogens (tertiary/aromatic N) is 1. The maximum Gasteiger partial charge on any atom is 0.181 e. The van der Waals surface area contributed by atoms with Crippen molar-refractivity contribution in [3.63, 3.8) is 0 Å². The van der Waals surface area contributed by atoms with Crippen molar-refractivity contribution in [2.45, 2.75) is 31.6 Å². The number of rotatable bonds is 2. The van der Waals surface area contributed by atoms with Crippen molar-refractivity contribution in [2.24, 2.45) is 10.9 Å². The number of halogens is 2. The molecule has 5 heteroatoms. The molecule has 0 unspecified atom stereocenters. The van der Waals surface area contributed by atoms with E-state index in [9.17, 15) is 8.78 Å². The lowest BCUT2D eigenvalue weighted by atomic mass is 9.74. The zero-order valence-electron chi connectivity index (χ0n) is 11.5. The van der Waals surface area contributed by atoms with E-state index in [1.54, 1.807) is 25.1 Å². The summed E-state index contributed by atoms with van der Waals surface area (Å²) in [6, 6.07) is 6.22. The Labute approximate surface area is 116 Å². The second kappa shape index (κ2) is 4.81. The molecule has 2 aliphatic rings. The van der Waals surface area contributed by atoms with Crippen LogP contribution in [0.1, 0.15) is 19.4 Å². The number of aliphatic imine (C=N–C) groups is 1. The van der Waals surface area contributed by atoms with Crippen LogP contribution in [0.5, 0.6) is 0 Å². The van der Waals surface area contributed by atoms with E-state index >= 15 is 0 Å². The SMILES string of the molecule is CC1=N[C@](CF)(c2ccccc2F)[C@H]2[C@H](C)OC[C@H]2O1. The van der Waals surface area contributed by atoms with Crippen LogP contribution in [0.15, 0.2) is 29.3 Å². The molecule has 2 aliphatic heterocycles. The molecule has 1 aromatic carbocycles. The van der Waals surface area contributed by atoms with Crippen LogP contribution in [-0.4, -0.2) is 31.4 Å². The first-order valence-corrected chi connectivity index (χ1v) is 6.74. The van der Waals surface area contributed by atoms with Gasteiger partial charge in [-0.25, -0.2) is 13.8 Å². The molecule has 0 radical (unpaired) electrons. The Morgan fingerprint density at radius 1 is 1.40 bits per heavy atom. The molecule has 0 amide bonds. The summed E-state index contributed by atoms with van der Waals surface area (Å²) in [7, 11) is 0. The number of benzene rings is 1. The van der Waals surface area contributed by atoms with Gasteiger partial charge in [0.05, 0.1) is 18.6 Å². The van der Waals surface area contributed by atoms with Crippen molar-refractivity contribution < 1.29 is 18.3 Å². The summed E-state index contributed by atoms with van der Waals surface area (Å²) in [6.45, 7) is 3.14. The molecule has 0 spiro atoms. The third-order valence-electron chi connectivity index (χ3n) is 4.20. The minimum absolute atomic E-state index is 0.229. The topological polar surface area (TPSA) is 30.8 Å². The fourth-order valence-electron chi connectivity index (χ4n) is 3.40.